The number of amides is 1. The Morgan fingerprint density at radius 1 is 1.59 bits per heavy atom. The molecule has 0 fully saturated rings. The molecule has 0 aromatic heterocycles. The summed E-state index contributed by atoms with van der Waals surface area (Å²) in [6, 6.07) is 5.81. The first-order valence-corrected chi connectivity index (χ1v) is 6.24. The second-order valence-electron chi connectivity index (χ2n) is 3.95. The van der Waals surface area contributed by atoms with Crippen LogP contribution in [0.4, 0.5) is 0 Å². The number of hydrogen-bond acceptors (Lipinski definition) is 3. The SMILES string of the molecule is Cc1cc(OC(C)CCC(=O)NN)ccc1Br. The van der Waals surface area contributed by atoms with Crippen molar-refractivity contribution in [3.8, 4) is 5.75 Å². The van der Waals surface area contributed by atoms with E-state index in [9.17, 15) is 4.79 Å². The molecule has 4 nitrogen and oxygen atoms in total. The molecule has 0 heterocycles. The number of ether oxygens (including phenoxy) is 1. The van der Waals surface area contributed by atoms with Crippen molar-refractivity contribution in [1.82, 2.24) is 5.43 Å². The standard InChI is InChI=1S/C12H17BrN2O2/c1-8-7-10(4-5-11(8)13)17-9(2)3-6-12(16)15-14/h4-5,7,9H,3,6,14H2,1-2H3,(H,15,16). The average Bonchev–Trinajstić information content (AvgIpc) is 2.31. The first-order valence-electron chi connectivity index (χ1n) is 5.45. The molecule has 0 saturated heterocycles. The number of aryl methyl sites for hydroxylation is 1. The van der Waals surface area contributed by atoms with Gasteiger partial charge < -0.3 is 4.74 Å². The molecule has 5 heteroatoms. The van der Waals surface area contributed by atoms with Gasteiger partial charge in [-0.05, 0) is 44.0 Å². The Balaban J connectivity index is 2.47. The number of rotatable bonds is 5. The number of carbonyl (C=O) groups is 1. The van der Waals surface area contributed by atoms with E-state index in [1.54, 1.807) is 0 Å². The largest absolute Gasteiger partial charge is 0.491 e. The number of halogens is 1. The molecule has 0 aliphatic carbocycles. The van der Waals surface area contributed by atoms with Crippen molar-refractivity contribution >= 4 is 21.8 Å². The van der Waals surface area contributed by atoms with E-state index >= 15 is 0 Å². The monoisotopic (exact) mass is 300 g/mol. The van der Waals surface area contributed by atoms with E-state index in [4.69, 9.17) is 10.6 Å². The molecule has 0 aliphatic heterocycles. The van der Waals surface area contributed by atoms with Gasteiger partial charge in [0, 0.05) is 10.9 Å². The zero-order valence-electron chi connectivity index (χ0n) is 10.00. The van der Waals surface area contributed by atoms with E-state index in [0.29, 0.717) is 12.8 Å². The predicted molar refractivity (Wildman–Crippen MR) is 70.5 cm³/mol. The van der Waals surface area contributed by atoms with Crippen molar-refractivity contribution in [2.75, 3.05) is 0 Å². The highest BCUT2D eigenvalue weighted by atomic mass is 79.9. The quantitative estimate of drug-likeness (QED) is 0.498. The van der Waals surface area contributed by atoms with Crippen molar-refractivity contribution in [1.29, 1.82) is 0 Å². The van der Waals surface area contributed by atoms with Crippen molar-refractivity contribution in [3.63, 3.8) is 0 Å². The normalized spacial score (nSPS) is 12.0. The number of benzene rings is 1. The fraction of sp³-hybridized carbons (Fsp3) is 0.417. The van der Waals surface area contributed by atoms with Crippen molar-refractivity contribution in [3.05, 3.63) is 28.2 Å². The lowest BCUT2D eigenvalue weighted by Gasteiger charge is -2.15. The average molecular weight is 301 g/mol. The molecular weight excluding hydrogens is 284 g/mol. The van der Waals surface area contributed by atoms with E-state index < -0.39 is 0 Å². The van der Waals surface area contributed by atoms with Crippen molar-refractivity contribution in [2.24, 2.45) is 5.84 Å². The molecule has 0 bridgehead atoms. The third-order valence-electron chi connectivity index (χ3n) is 2.41. The molecule has 0 aliphatic rings. The minimum atomic E-state index is -0.174. The third kappa shape index (κ3) is 4.75. The Morgan fingerprint density at radius 3 is 2.88 bits per heavy atom. The molecule has 3 N–H and O–H groups in total. The fourth-order valence-electron chi connectivity index (χ4n) is 1.39. The molecule has 0 spiro atoms. The maximum atomic E-state index is 11.0. The Bertz CT molecular complexity index is 396. The van der Waals surface area contributed by atoms with Crippen LogP contribution in [0.5, 0.6) is 5.75 Å². The smallest absolute Gasteiger partial charge is 0.234 e. The highest BCUT2D eigenvalue weighted by Crippen LogP contribution is 2.22. The van der Waals surface area contributed by atoms with E-state index in [1.165, 1.54) is 0 Å². The molecule has 1 unspecified atom stereocenters. The Hall–Kier alpha value is -1.07. The summed E-state index contributed by atoms with van der Waals surface area (Å²) >= 11 is 3.43. The van der Waals surface area contributed by atoms with Gasteiger partial charge in [0.05, 0.1) is 6.10 Å². The molecule has 1 aromatic rings. The lowest BCUT2D eigenvalue weighted by atomic mass is 10.2. The number of nitrogens with one attached hydrogen (secondary N) is 1. The van der Waals surface area contributed by atoms with Gasteiger partial charge in [-0.25, -0.2) is 5.84 Å². The van der Waals surface area contributed by atoms with Crippen molar-refractivity contribution < 1.29 is 9.53 Å². The summed E-state index contributed by atoms with van der Waals surface area (Å²) in [6.45, 7) is 3.94. The van der Waals surface area contributed by atoms with Crippen LogP contribution >= 0.6 is 15.9 Å². The zero-order chi connectivity index (χ0) is 12.8. The minimum absolute atomic E-state index is 0.0205. The van der Waals surface area contributed by atoms with Gasteiger partial charge in [0.2, 0.25) is 5.91 Å². The van der Waals surface area contributed by atoms with E-state index in [1.807, 2.05) is 32.0 Å². The van der Waals surface area contributed by atoms with Gasteiger partial charge in [-0.1, -0.05) is 15.9 Å². The highest BCUT2D eigenvalue weighted by molar-refractivity contribution is 9.10. The van der Waals surface area contributed by atoms with Crippen LogP contribution in [0.1, 0.15) is 25.3 Å². The Labute approximate surface area is 110 Å². The van der Waals surface area contributed by atoms with Gasteiger partial charge in [0.15, 0.2) is 0 Å². The first-order chi connectivity index (χ1) is 8.02. The molecule has 1 atom stereocenters. The van der Waals surface area contributed by atoms with E-state index in [0.717, 1.165) is 15.8 Å². The predicted octanol–water partition coefficient (Wildman–Crippen LogP) is 2.29. The summed E-state index contributed by atoms with van der Waals surface area (Å²) in [4.78, 5) is 11.0. The molecule has 1 rings (SSSR count). The van der Waals surface area contributed by atoms with Crippen LogP contribution in [0, 0.1) is 6.92 Å². The highest BCUT2D eigenvalue weighted by Gasteiger charge is 2.08. The number of nitrogens with two attached hydrogens (primary N) is 1. The molecule has 17 heavy (non-hydrogen) atoms. The fourth-order valence-corrected chi connectivity index (χ4v) is 1.63. The maximum absolute atomic E-state index is 11.0. The summed E-state index contributed by atoms with van der Waals surface area (Å²) in [5, 5.41) is 0. The van der Waals surface area contributed by atoms with Crippen LogP contribution in [0.25, 0.3) is 0 Å². The van der Waals surface area contributed by atoms with Gasteiger partial charge in [0.1, 0.15) is 5.75 Å². The van der Waals surface area contributed by atoms with Crippen molar-refractivity contribution in [2.45, 2.75) is 32.8 Å². The van der Waals surface area contributed by atoms with Crippen LogP contribution in [0.15, 0.2) is 22.7 Å². The second kappa shape index (κ2) is 6.61. The number of hydrazine groups is 1. The lowest BCUT2D eigenvalue weighted by molar-refractivity contribution is -0.121. The van der Waals surface area contributed by atoms with Gasteiger partial charge in [-0.15, -0.1) is 0 Å². The second-order valence-corrected chi connectivity index (χ2v) is 4.80. The van der Waals surface area contributed by atoms with Crippen LogP contribution in [0.3, 0.4) is 0 Å². The topological polar surface area (TPSA) is 64.3 Å². The van der Waals surface area contributed by atoms with E-state index in [-0.39, 0.29) is 12.0 Å². The van der Waals surface area contributed by atoms with Crippen LogP contribution in [0.2, 0.25) is 0 Å². The van der Waals surface area contributed by atoms with Gasteiger partial charge in [0.25, 0.3) is 0 Å². The Morgan fingerprint density at radius 2 is 2.29 bits per heavy atom. The summed E-state index contributed by atoms with van der Waals surface area (Å²) in [6.07, 6.45) is 0.985. The maximum Gasteiger partial charge on any atom is 0.234 e. The Kier molecular flexibility index (Phi) is 5.44. The third-order valence-corrected chi connectivity index (χ3v) is 3.30. The minimum Gasteiger partial charge on any atom is -0.491 e. The number of hydrogen-bond donors (Lipinski definition) is 2. The lowest BCUT2D eigenvalue weighted by Crippen LogP contribution is -2.30. The van der Waals surface area contributed by atoms with Gasteiger partial charge >= 0.3 is 0 Å². The molecule has 0 saturated carbocycles. The van der Waals surface area contributed by atoms with Gasteiger partial charge in [-0.3, -0.25) is 10.2 Å². The first kappa shape index (κ1) is 14.0. The van der Waals surface area contributed by atoms with Crippen LogP contribution < -0.4 is 16.0 Å². The molecule has 94 valence electrons. The summed E-state index contributed by atoms with van der Waals surface area (Å²) in [5.74, 6) is 5.64. The van der Waals surface area contributed by atoms with Crippen LogP contribution in [-0.4, -0.2) is 12.0 Å². The summed E-state index contributed by atoms with van der Waals surface area (Å²) in [5.41, 5.74) is 3.22. The summed E-state index contributed by atoms with van der Waals surface area (Å²) in [7, 11) is 0. The molecule has 1 amide bonds. The number of carbonyl (C=O) groups excluding carboxylic acids is 1. The molecule has 1 aromatic carbocycles. The van der Waals surface area contributed by atoms with Gasteiger partial charge in [-0.2, -0.15) is 0 Å². The molecule has 0 radical (unpaired) electrons. The zero-order valence-corrected chi connectivity index (χ0v) is 11.6. The van der Waals surface area contributed by atoms with E-state index in [2.05, 4.69) is 21.4 Å². The van der Waals surface area contributed by atoms with Crippen LogP contribution in [-0.2, 0) is 4.79 Å². The molecular formula is C12H17BrN2O2. The summed E-state index contributed by atoms with van der Waals surface area (Å²) < 4.78 is 6.76.